The third kappa shape index (κ3) is 5.26. The summed E-state index contributed by atoms with van der Waals surface area (Å²) in [5.41, 5.74) is 3.82. The lowest BCUT2D eigenvalue weighted by atomic mass is 10.1. The van der Waals surface area contributed by atoms with Crippen molar-refractivity contribution in [2.45, 2.75) is 39.0 Å². The van der Waals surface area contributed by atoms with E-state index < -0.39 is 0 Å². The number of benzene rings is 2. The molecule has 3 heterocycles. The van der Waals surface area contributed by atoms with Crippen molar-refractivity contribution in [1.29, 1.82) is 0 Å². The molecule has 0 saturated heterocycles. The van der Waals surface area contributed by atoms with E-state index in [-0.39, 0.29) is 0 Å². The molecule has 0 atom stereocenters. The molecule has 0 unspecified atom stereocenters. The van der Waals surface area contributed by atoms with Crippen molar-refractivity contribution < 1.29 is 9.13 Å². The van der Waals surface area contributed by atoms with Crippen LogP contribution < -0.4 is 14.0 Å². The molecule has 0 spiro atoms. The molecule has 2 aromatic heterocycles. The van der Waals surface area contributed by atoms with E-state index in [0.717, 1.165) is 13.1 Å². The van der Waals surface area contributed by atoms with E-state index in [9.17, 15) is 0 Å². The van der Waals surface area contributed by atoms with Gasteiger partial charge in [0, 0.05) is 69.5 Å². The number of aryl methyl sites for hydroxylation is 2. The van der Waals surface area contributed by atoms with Crippen LogP contribution in [0.5, 0.6) is 0 Å². The summed E-state index contributed by atoms with van der Waals surface area (Å²) in [6.45, 7) is 2.11. The summed E-state index contributed by atoms with van der Waals surface area (Å²) in [6, 6.07) is 24.3. The molecule has 1 aliphatic rings. The Kier molecular flexibility index (Phi) is 6.70. The molecule has 0 radical (unpaired) electrons. The van der Waals surface area contributed by atoms with Crippen LogP contribution in [0, 0.1) is 0 Å². The minimum Gasteiger partial charge on any atom is -0.375 e. The van der Waals surface area contributed by atoms with E-state index in [1.165, 1.54) is 49.2 Å². The maximum absolute atomic E-state index is 2.38. The zero-order valence-corrected chi connectivity index (χ0v) is 20.8. The highest BCUT2D eigenvalue weighted by atomic mass is 32.2. The highest BCUT2D eigenvalue weighted by Crippen LogP contribution is 2.49. The second-order valence-electron chi connectivity index (χ2n) is 8.49. The third-order valence-electron chi connectivity index (χ3n) is 6.02. The van der Waals surface area contributed by atoms with Crippen molar-refractivity contribution >= 4 is 29.2 Å². The van der Waals surface area contributed by atoms with Gasteiger partial charge in [0.05, 0.1) is 0 Å². The summed E-state index contributed by atoms with van der Waals surface area (Å²) in [5.74, 6) is 0. The van der Waals surface area contributed by atoms with Crippen molar-refractivity contribution in [2.75, 3.05) is 18.5 Å². The van der Waals surface area contributed by atoms with Crippen LogP contribution in [0.4, 0.5) is 5.69 Å². The molecule has 2 aromatic carbocycles. The lowest BCUT2D eigenvalue weighted by Crippen LogP contribution is -2.33. The number of hydrogen-bond donors (Lipinski definition) is 0. The zero-order valence-electron chi connectivity index (χ0n) is 19.1. The summed E-state index contributed by atoms with van der Waals surface area (Å²) in [4.78, 5) is 7.83. The summed E-state index contributed by atoms with van der Waals surface area (Å²) in [6.07, 6.45) is 10.9. The van der Waals surface area contributed by atoms with Crippen LogP contribution >= 0.6 is 23.5 Å². The van der Waals surface area contributed by atoms with Crippen LogP contribution in [0.3, 0.4) is 0 Å². The van der Waals surface area contributed by atoms with Gasteiger partial charge in [-0.2, -0.15) is 0 Å². The molecule has 1 aliphatic heterocycles. The fourth-order valence-electron chi connectivity index (χ4n) is 4.02. The van der Waals surface area contributed by atoms with Gasteiger partial charge in [-0.05, 0) is 47.9 Å². The lowest BCUT2D eigenvalue weighted by molar-refractivity contribution is -0.697. The van der Waals surface area contributed by atoms with Gasteiger partial charge in [0.25, 0.3) is 0 Å². The average molecular weight is 472 g/mol. The Morgan fingerprint density at radius 2 is 1.30 bits per heavy atom. The van der Waals surface area contributed by atoms with E-state index in [1.54, 1.807) is 0 Å². The molecule has 4 aromatic rings. The van der Waals surface area contributed by atoms with E-state index >= 15 is 0 Å². The van der Waals surface area contributed by atoms with E-state index in [4.69, 9.17) is 0 Å². The molecule has 0 fully saturated rings. The Morgan fingerprint density at radius 1 is 0.697 bits per heavy atom. The van der Waals surface area contributed by atoms with Gasteiger partial charge in [-0.15, -0.1) is 0 Å². The molecular weight excluding hydrogens is 442 g/mol. The van der Waals surface area contributed by atoms with Gasteiger partial charge in [-0.1, -0.05) is 35.7 Å². The molecule has 166 valence electrons. The maximum atomic E-state index is 2.38. The Morgan fingerprint density at radius 3 is 2.00 bits per heavy atom. The van der Waals surface area contributed by atoms with Gasteiger partial charge in [-0.25, -0.2) is 9.13 Å². The van der Waals surface area contributed by atoms with Crippen molar-refractivity contribution in [2.24, 2.45) is 7.05 Å². The third-order valence-corrected chi connectivity index (χ3v) is 8.56. The van der Waals surface area contributed by atoms with Crippen molar-refractivity contribution in [3.63, 3.8) is 0 Å². The zero-order chi connectivity index (χ0) is 22.6. The Balaban J connectivity index is 1.12. The summed E-state index contributed by atoms with van der Waals surface area (Å²) in [5, 5.41) is 0. The highest BCUT2D eigenvalue weighted by Gasteiger charge is 2.17. The fourth-order valence-corrected chi connectivity index (χ4v) is 6.27. The number of aromatic nitrogens is 2. The molecule has 0 saturated carbocycles. The first-order chi connectivity index (χ1) is 16.2. The highest BCUT2D eigenvalue weighted by molar-refractivity contribution is 8.05. The molecule has 33 heavy (non-hydrogen) atoms. The van der Waals surface area contributed by atoms with Crippen molar-refractivity contribution in [1.82, 2.24) is 0 Å². The smallest absolute Gasteiger partial charge is 0.169 e. The average Bonchev–Trinajstić information content (AvgIpc) is 2.86. The van der Waals surface area contributed by atoms with Gasteiger partial charge >= 0.3 is 0 Å². The Hall–Kier alpha value is -2.76. The van der Waals surface area contributed by atoms with Gasteiger partial charge in [0.15, 0.2) is 24.8 Å². The predicted molar refractivity (Wildman–Crippen MR) is 137 cm³/mol. The van der Waals surface area contributed by atoms with Crippen LogP contribution in [-0.4, -0.2) is 13.6 Å². The molecule has 5 heteroatoms. The lowest BCUT2D eigenvalue weighted by Gasteiger charge is -2.23. The van der Waals surface area contributed by atoms with Crippen LogP contribution in [0.15, 0.2) is 111 Å². The standard InChI is InChI=1S/C28H29N3S2/c1-29-17-11-22(12-18-29)23-13-19-31(20-14-23)16-6-5-15-30(2)24-9-10-27-28(21-24)33-26-8-4-3-7-25(26)32-27/h3-4,7-14,17-21H,5-6,15-16H2,1-2H3/q+2. The van der Waals surface area contributed by atoms with E-state index in [1.807, 2.05) is 30.6 Å². The Labute approximate surface area is 205 Å². The monoisotopic (exact) mass is 471 g/mol. The topological polar surface area (TPSA) is 11.0 Å². The van der Waals surface area contributed by atoms with Crippen molar-refractivity contribution in [3.05, 3.63) is 91.5 Å². The summed E-state index contributed by atoms with van der Waals surface area (Å²) in [7, 11) is 4.25. The van der Waals surface area contributed by atoms with Crippen LogP contribution in [-0.2, 0) is 13.6 Å². The molecule has 3 nitrogen and oxygen atoms in total. The normalized spacial score (nSPS) is 12.2. The number of pyridine rings is 2. The van der Waals surface area contributed by atoms with Gasteiger partial charge in [-0.3, -0.25) is 0 Å². The number of unbranched alkanes of at least 4 members (excludes halogenated alkanes) is 1. The molecular formula is C28H29N3S2+2. The quantitative estimate of drug-likeness (QED) is 0.213. The van der Waals surface area contributed by atoms with Gasteiger partial charge in [0.1, 0.15) is 13.6 Å². The molecule has 5 rings (SSSR count). The fraction of sp³-hybridized carbons (Fsp3) is 0.214. The predicted octanol–water partition coefficient (Wildman–Crippen LogP) is 6.00. The number of nitrogens with zero attached hydrogens (tertiary/aromatic N) is 3. The molecule has 0 bridgehead atoms. The first kappa shape index (κ1) is 22.1. The van der Waals surface area contributed by atoms with Crippen LogP contribution in [0.25, 0.3) is 11.1 Å². The first-order valence-electron chi connectivity index (χ1n) is 11.4. The molecule has 0 amide bonds. The number of hydrogen-bond acceptors (Lipinski definition) is 3. The summed E-state index contributed by atoms with van der Waals surface area (Å²) < 4.78 is 4.35. The van der Waals surface area contributed by atoms with E-state index in [0.29, 0.717) is 0 Å². The van der Waals surface area contributed by atoms with Gasteiger partial charge in [0.2, 0.25) is 0 Å². The number of fused-ring (bicyclic) bond motifs is 2. The molecule has 0 N–H and O–H groups in total. The van der Waals surface area contributed by atoms with Crippen molar-refractivity contribution in [3.8, 4) is 11.1 Å². The number of rotatable bonds is 7. The van der Waals surface area contributed by atoms with Crippen LogP contribution in [0.2, 0.25) is 0 Å². The second kappa shape index (κ2) is 10.0. The Bertz CT molecular complexity index is 1240. The largest absolute Gasteiger partial charge is 0.375 e. The van der Waals surface area contributed by atoms with Crippen LogP contribution in [0.1, 0.15) is 12.8 Å². The molecule has 0 aliphatic carbocycles. The van der Waals surface area contributed by atoms with E-state index in [2.05, 4.69) is 113 Å². The second-order valence-corrected chi connectivity index (χ2v) is 10.7. The SMILES string of the molecule is CN(CCCC[n+]1ccc(-c2cc[n+](C)cc2)cc1)c1ccc2c(c1)Sc1ccccc1S2. The minimum atomic E-state index is 1.05. The first-order valence-corrected chi connectivity index (χ1v) is 13.0. The minimum absolute atomic E-state index is 1.05. The number of anilines is 1. The summed E-state index contributed by atoms with van der Waals surface area (Å²) >= 11 is 3.77. The maximum Gasteiger partial charge on any atom is 0.169 e. The van der Waals surface area contributed by atoms with Gasteiger partial charge < -0.3 is 4.90 Å².